The lowest BCUT2D eigenvalue weighted by atomic mass is 10.2. The number of thioether (sulfide) groups is 1. The number of ketones is 1. The van der Waals surface area contributed by atoms with Crippen LogP contribution < -0.4 is 0 Å². The van der Waals surface area contributed by atoms with Gasteiger partial charge in [-0.25, -0.2) is 0 Å². The number of carbonyl (C=O) groups excluding carboxylic acids is 1. The van der Waals surface area contributed by atoms with Gasteiger partial charge < -0.3 is 9.13 Å². The van der Waals surface area contributed by atoms with Gasteiger partial charge in [0.1, 0.15) is 0 Å². The van der Waals surface area contributed by atoms with Crippen LogP contribution in [0.3, 0.4) is 0 Å². The van der Waals surface area contributed by atoms with E-state index in [2.05, 4.69) is 46.0 Å². The molecule has 0 radical (unpaired) electrons. The lowest BCUT2D eigenvalue weighted by Gasteiger charge is -2.10. The summed E-state index contributed by atoms with van der Waals surface area (Å²) in [5.74, 6) is 1.11. The predicted molar refractivity (Wildman–Crippen MR) is 126 cm³/mol. The van der Waals surface area contributed by atoms with Crippen molar-refractivity contribution in [1.29, 1.82) is 0 Å². The van der Waals surface area contributed by atoms with E-state index in [4.69, 9.17) is 11.6 Å². The van der Waals surface area contributed by atoms with E-state index in [-0.39, 0.29) is 5.78 Å². The van der Waals surface area contributed by atoms with Crippen molar-refractivity contribution in [2.24, 2.45) is 7.05 Å². The van der Waals surface area contributed by atoms with Crippen LogP contribution in [0.4, 0.5) is 0 Å². The van der Waals surface area contributed by atoms with Crippen LogP contribution in [-0.4, -0.2) is 30.9 Å². The molecule has 0 N–H and O–H groups in total. The molecule has 5 nitrogen and oxygen atoms in total. The zero-order valence-electron chi connectivity index (χ0n) is 17.9. The van der Waals surface area contributed by atoms with E-state index >= 15 is 0 Å². The Morgan fingerprint density at radius 1 is 1.00 bits per heavy atom. The molecule has 2 aromatic carbocycles. The topological polar surface area (TPSA) is 52.7 Å². The van der Waals surface area contributed by atoms with E-state index in [1.165, 1.54) is 17.3 Å². The van der Waals surface area contributed by atoms with Crippen molar-refractivity contribution >= 4 is 29.1 Å². The Labute approximate surface area is 191 Å². The van der Waals surface area contributed by atoms with Crippen LogP contribution >= 0.6 is 23.4 Å². The monoisotopic (exact) mass is 450 g/mol. The molecule has 0 saturated carbocycles. The summed E-state index contributed by atoms with van der Waals surface area (Å²) in [6, 6.07) is 17.8. The molecule has 0 spiro atoms. The maximum absolute atomic E-state index is 13.0. The zero-order chi connectivity index (χ0) is 22.1. The van der Waals surface area contributed by atoms with Crippen LogP contribution in [0.5, 0.6) is 0 Å². The van der Waals surface area contributed by atoms with E-state index in [0.29, 0.717) is 15.9 Å². The molecule has 0 aliphatic heterocycles. The van der Waals surface area contributed by atoms with Crippen LogP contribution in [0.2, 0.25) is 5.02 Å². The summed E-state index contributed by atoms with van der Waals surface area (Å²) in [6.45, 7) is 6.08. The predicted octanol–water partition coefficient (Wildman–Crippen LogP) is 5.83. The van der Waals surface area contributed by atoms with Crippen molar-refractivity contribution in [2.75, 3.05) is 5.75 Å². The Balaban J connectivity index is 1.52. The second kappa shape index (κ2) is 8.73. The highest BCUT2D eigenvalue weighted by molar-refractivity contribution is 7.99. The first-order valence-electron chi connectivity index (χ1n) is 9.92. The highest BCUT2D eigenvalue weighted by Gasteiger charge is 2.19. The number of benzene rings is 2. The molecule has 0 unspecified atom stereocenters. The highest BCUT2D eigenvalue weighted by atomic mass is 35.5. The molecule has 0 aliphatic rings. The molecule has 2 heterocycles. The number of rotatable bonds is 6. The standard InChI is InChI=1S/C24H23ClN4OS/c1-15-5-11-20(12-6-15)29-16(2)13-21(17(29)3)22(30)14-31-24-27-26-23(28(24)4)18-7-9-19(25)10-8-18/h5-13H,14H2,1-4H3. The quantitative estimate of drug-likeness (QED) is 0.274. The summed E-state index contributed by atoms with van der Waals surface area (Å²) in [5.41, 5.74) is 5.93. The lowest BCUT2D eigenvalue weighted by Crippen LogP contribution is -2.06. The number of hydrogen-bond acceptors (Lipinski definition) is 4. The molecule has 31 heavy (non-hydrogen) atoms. The number of carbonyl (C=O) groups is 1. The first-order valence-corrected chi connectivity index (χ1v) is 11.3. The molecule has 0 fully saturated rings. The van der Waals surface area contributed by atoms with Gasteiger partial charge in [-0.2, -0.15) is 0 Å². The van der Waals surface area contributed by atoms with Crippen LogP contribution in [0, 0.1) is 20.8 Å². The fourth-order valence-corrected chi connectivity index (χ4v) is 4.56. The SMILES string of the molecule is Cc1ccc(-n2c(C)cc(C(=O)CSc3nnc(-c4ccc(Cl)cc4)n3C)c2C)cc1. The lowest BCUT2D eigenvalue weighted by molar-refractivity contribution is 0.102. The fraction of sp³-hybridized carbons (Fsp3) is 0.208. The molecule has 0 amide bonds. The van der Waals surface area contributed by atoms with Crippen molar-refractivity contribution in [1.82, 2.24) is 19.3 Å². The number of Topliss-reactive ketones (excluding diaryl/α,β-unsaturated/α-hetero) is 1. The summed E-state index contributed by atoms with van der Waals surface area (Å²) in [7, 11) is 1.90. The Hall–Kier alpha value is -2.83. The maximum atomic E-state index is 13.0. The van der Waals surface area contributed by atoms with E-state index in [1.54, 1.807) is 0 Å². The minimum absolute atomic E-state index is 0.0764. The third kappa shape index (κ3) is 4.31. The molecule has 7 heteroatoms. The number of nitrogens with zero attached hydrogens (tertiary/aromatic N) is 4. The summed E-state index contributed by atoms with van der Waals surface area (Å²) < 4.78 is 4.02. The second-order valence-corrected chi connectivity index (χ2v) is 8.92. The van der Waals surface area contributed by atoms with Crippen molar-refractivity contribution < 1.29 is 4.79 Å². The van der Waals surface area contributed by atoms with Crippen LogP contribution in [0.1, 0.15) is 27.3 Å². The van der Waals surface area contributed by atoms with Crippen molar-refractivity contribution in [3.63, 3.8) is 0 Å². The fourth-order valence-electron chi connectivity index (χ4n) is 3.64. The van der Waals surface area contributed by atoms with Gasteiger partial charge in [-0.3, -0.25) is 4.79 Å². The third-order valence-corrected chi connectivity index (χ3v) is 6.57. The molecule has 4 rings (SSSR count). The molecule has 4 aromatic rings. The molecular formula is C24H23ClN4OS. The first kappa shape index (κ1) is 21.4. The Bertz CT molecular complexity index is 1240. The summed E-state index contributed by atoms with van der Waals surface area (Å²) in [4.78, 5) is 13.0. The van der Waals surface area contributed by atoms with Gasteiger partial charge in [0.2, 0.25) is 0 Å². The number of aryl methyl sites for hydroxylation is 2. The van der Waals surface area contributed by atoms with Crippen LogP contribution in [-0.2, 0) is 7.05 Å². The van der Waals surface area contributed by atoms with Gasteiger partial charge in [-0.05, 0) is 63.2 Å². The van der Waals surface area contributed by atoms with Gasteiger partial charge in [0, 0.05) is 40.3 Å². The van der Waals surface area contributed by atoms with Gasteiger partial charge in [0.15, 0.2) is 16.8 Å². The summed E-state index contributed by atoms with van der Waals surface area (Å²) >= 11 is 7.37. The Morgan fingerprint density at radius 3 is 2.35 bits per heavy atom. The van der Waals surface area contributed by atoms with E-state index in [9.17, 15) is 4.79 Å². The molecule has 2 aromatic heterocycles. The molecule has 158 valence electrons. The van der Waals surface area contributed by atoms with Crippen LogP contribution in [0.15, 0.2) is 59.8 Å². The number of aromatic nitrogens is 4. The van der Waals surface area contributed by atoms with E-state index < -0.39 is 0 Å². The van der Waals surface area contributed by atoms with Gasteiger partial charge in [0.25, 0.3) is 0 Å². The Morgan fingerprint density at radius 2 is 1.68 bits per heavy atom. The van der Waals surface area contributed by atoms with Crippen molar-refractivity contribution in [2.45, 2.75) is 25.9 Å². The van der Waals surface area contributed by atoms with Gasteiger partial charge >= 0.3 is 0 Å². The molecule has 0 atom stereocenters. The van der Waals surface area contributed by atoms with Gasteiger partial charge in [-0.1, -0.05) is 41.1 Å². The zero-order valence-corrected chi connectivity index (χ0v) is 19.5. The van der Waals surface area contributed by atoms with Gasteiger partial charge in [-0.15, -0.1) is 10.2 Å². The second-order valence-electron chi connectivity index (χ2n) is 7.54. The normalized spacial score (nSPS) is 11.1. The summed E-state index contributed by atoms with van der Waals surface area (Å²) in [5, 5.41) is 9.92. The Kier molecular flexibility index (Phi) is 6.03. The van der Waals surface area contributed by atoms with Gasteiger partial charge in [0.05, 0.1) is 5.75 Å². The smallest absolute Gasteiger partial charge is 0.191 e. The number of hydrogen-bond donors (Lipinski definition) is 0. The minimum atomic E-state index is 0.0764. The average molecular weight is 451 g/mol. The minimum Gasteiger partial charge on any atom is -0.318 e. The van der Waals surface area contributed by atoms with Crippen molar-refractivity contribution in [3.8, 4) is 17.1 Å². The summed E-state index contributed by atoms with van der Waals surface area (Å²) in [6.07, 6.45) is 0. The van der Waals surface area contributed by atoms with E-state index in [0.717, 1.165) is 34.0 Å². The molecule has 0 saturated heterocycles. The molecular weight excluding hydrogens is 428 g/mol. The number of halogens is 1. The van der Waals surface area contributed by atoms with Crippen LogP contribution in [0.25, 0.3) is 17.1 Å². The molecule has 0 bridgehead atoms. The maximum Gasteiger partial charge on any atom is 0.191 e. The van der Waals surface area contributed by atoms with E-state index in [1.807, 2.05) is 55.8 Å². The third-order valence-electron chi connectivity index (χ3n) is 5.29. The molecule has 0 aliphatic carbocycles. The highest BCUT2D eigenvalue weighted by Crippen LogP contribution is 2.26. The average Bonchev–Trinajstić information content (AvgIpc) is 3.26. The first-order chi connectivity index (χ1) is 14.8. The van der Waals surface area contributed by atoms with Crippen molar-refractivity contribution in [3.05, 3.63) is 82.1 Å². The largest absolute Gasteiger partial charge is 0.318 e.